The Morgan fingerprint density at radius 1 is 1.27 bits per heavy atom. The summed E-state index contributed by atoms with van der Waals surface area (Å²) in [6.07, 6.45) is 3.45. The number of amides is 1. The Bertz CT molecular complexity index is 218. The van der Waals surface area contributed by atoms with Gasteiger partial charge in [-0.05, 0) is 39.0 Å². The van der Waals surface area contributed by atoms with Crippen LogP contribution >= 0.6 is 0 Å². The highest BCUT2D eigenvalue weighted by Gasteiger charge is 2.32. The molecule has 3 atom stereocenters. The molecule has 1 aliphatic heterocycles. The van der Waals surface area contributed by atoms with E-state index in [0.717, 1.165) is 12.8 Å². The van der Waals surface area contributed by atoms with Crippen molar-refractivity contribution < 1.29 is 4.79 Å². The van der Waals surface area contributed by atoms with E-state index >= 15 is 0 Å². The third-order valence-corrected chi connectivity index (χ3v) is 3.45. The van der Waals surface area contributed by atoms with Crippen LogP contribution in [0.2, 0.25) is 0 Å². The van der Waals surface area contributed by atoms with Crippen LogP contribution in [0.15, 0.2) is 0 Å². The van der Waals surface area contributed by atoms with Gasteiger partial charge in [0.05, 0.1) is 6.04 Å². The van der Waals surface area contributed by atoms with Gasteiger partial charge in [-0.2, -0.15) is 0 Å². The Hall–Kier alpha value is -0.570. The number of piperidine rings is 1. The van der Waals surface area contributed by atoms with Crippen molar-refractivity contribution in [1.29, 1.82) is 0 Å². The Balaban J connectivity index is 2.71. The number of hydrogen-bond donors (Lipinski definition) is 1. The van der Waals surface area contributed by atoms with Gasteiger partial charge in [0.1, 0.15) is 0 Å². The van der Waals surface area contributed by atoms with Gasteiger partial charge in [0.2, 0.25) is 5.91 Å². The molecule has 88 valence electrons. The number of nitrogens with two attached hydrogens (primary N) is 1. The highest BCUT2D eigenvalue weighted by Crippen LogP contribution is 2.23. The summed E-state index contributed by atoms with van der Waals surface area (Å²) in [5.41, 5.74) is 5.92. The molecule has 1 rings (SSSR count). The SMILES string of the molecule is CC(C)[C@H](N)C(=O)N1C(C)CCCC1C. The maximum Gasteiger partial charge on any atom is 0.240 e. The molecule has 0 saturated carbocycles. The van der Waals surface area contributed by atoms with Gasteiger partial charge in [-0.1, -0.05) is 13.8 Å². The van der Waals surface area contributed by atoms with E-state index < -0.39 is 0 Å². The summed E-state index contributed by atoms with van der Waals surface area (Å²) >= 11 is 0. The van der Waals surface area contributed by atoms with Crippen LogP contribution in [0.5, 0.6) is 0 Å². The summed E-state index contributed by atoms with van der Waals surface area (Å²) in [4.78, 5) is 14.2. The first-order chi connectivity index (χ1) is 6.95. The van der Waals surface area contributed by atoms with Crippen molar-refractivity contribution in [3.8, 4) is 0 Å². The number of likely N-dealkylation sites (tertiary alicyclic amines) is 1. The van der Waals surface area contributed by atoms with Gasteiger partial charge in [-0.25, -0.2) is 0 Å². The minimum atomic E-state index is -0.340. The number of hydrogen-bond acceptors (Lipinski definition) is 2. The number of carbonyl (C=O) groups excluding carboxylic acids is 1. The molecule has 0 aromatic rings. The first-order valence-electron chi connectivity index (χ1n) is 6.03. The monoisotopic (exact) mass is 212 g/mol. The molecule has 2 N–H and O–H groups in total. The van der Waals surface area contributed by atoms with Gasteiger partial charge in [0, 0.05) is 12.1 Å². The highest BCUT2D eigenvalue weighted by molar-refractivity contribution is 5.82. The van der Waals surface area contributed by atoms with Gasteiger partial charge < -0.3 is 10.6 Å². The maximum atomic E-state index is 12.2. The summed E-state index contributed by atoms with van der Waals surface area (Å²) in [6, 6.07) is 0.366. The molecule has 0 aromatic carbocycles. The highest BCUT2D eigenvalue weighted by atomic mass is 16.2. The lowest BCUT2D eigenvalue weighted by Gasteiger charge is -2.41. The first-order valence-corrected chi connectivity index (χ1v) is 6.03. The molecule has 1 saturated heterocycles. The van der Waals surface area contributed by atoms with Crippen molar-refractivity contribution in [1.82, 2.24) is 4.90 Å². The summed E-state index contributed by atoms with van der Waals surface area (Å²) in [5, 5.41) is 0. The molecular weight excluding hydrogens is 188 g/mol. The topological polar surface area (TPSA) is 46.3 Å². The molecule has 0 radical (unpaired) electrons. The van der Waals surface area contributed by atoms with Crippen LogP contribution in [0.4, 0.5) is 0 Å². The minimum Gasteiger partial charge on any atom is -0.336 e. The van der Waals surface area contributed by atoms with E-state index in [1.165, 1.54) is 6.42 Å². The molecule has 0 aliphatic carbocycles. The summed E-state index contributed by atoms with van der Waals surface area (Å²) < 4.78 is 0. The lowest BCUT2D eigenvalue weighted by atomic mass is 9.94. The second-order valence-electron chi connectivity index (χ2n) is 5.14. The zero-order valence-electron chi connectivity index (χ0n) is 10.4. The molecule has 1 heterocycles. The van der Waals surface area contributed by atoms with E-state index in [1.54, 1.807) is 0 Å². The van der Waals surface area contributed by atoms with Crippen molar-refractivity contribution >= 4 is 5.91 Å². The van der Waals surface area contributed by atoms with E-state index in [2.05, 4.69) is 13.8 Å². The second-order valence-corrected chi connectivity index (χ2v) is 5.14. The fourth-order valence-corrected chi connectivity index (χ4v) is 2.31. The summed E-state index contributed by atoms with van der Waals surface area (Å²) in [6.45, 7) is 8.25. The number of nitrogens with zero attached hydrogens (tertiary/aromatic N) is 1. The fraction of sp³-hybridized carbons (Fsp3) is 0.917. The fourth-order valence-electron chi connectivity index (χ4n) is 2.31. The molecule has 2 unspecified atom stereocenters. The average Bonchev–Trinajstić information content (AvgIpc) is 2.15. The van der Waals surface area contributed by atoms with E-state index in [1.807, 2.05) is 18.7 Å². The molecule has 0 aromatic heterocycles. The van der Waals surface area contributed by atoms with E-state index in [-0.39, 0.29) is 17.9 Å². The van der Waals surface area contributed by atoms with Crippen molar-refractivity contribution in [2.24, 2.45) is 11.7 Å². The van der Waals surface area contributed by atoms with Crippen LogP contribution < -0.4 is 5.73 Å². The van der Waals surface area contributed by atoms with Gasteiger partial charge in [0.25, 0.3) is 0 Å². The number of carbonyl (C=O) groups is 1. The predicted molar refractivity (Wildman–Crippen MR) is 62.4 cm³/mol. The standard InChI is InChI=1S/C12H24N2O/c1-8(2)11(13)12(15)14-9(3)6-5-7-10(14)4/h8-11H,5-7,13H2,1-4H3/t9?,10?,11-/m0/s1. The third kappa shape index (κ3) is 2.71. The summed E-state index contributed by atoms with van der Waals surface area (Å²) in [5.74, 6) is 0.350. The van der Waals surface area contributed by atoms with Gasteiger partial charge >= 0.3 is 0 Å². The van der Waals surface area contributed by atoms with Gasteiger partial charge in [-0.15, -0.1) is 0 Å². The third-order valence-electron chi connectivity index (χ3n) is 3.45. The smallest absolute Gasteiger partial charge is 0.240 e. The largest absolute Gasteiger partial charge is 0.336 e. The van der Waals surface area contributed by atoms with Crippen LogP contribution in [-0.4, -0.2) is 28.9 Å². The molecule has 1 fully saturated rings. The van der Waals surface area contributed by atoms with Crippen LogP contribution in [-0.2, 0) is 4.79 Å². The van der Waals surface area contributed by atoms with Crippen LogP contribution in [0, 0.1) is 5.92 Å². The summed E-state index contributed by atoms with van der Waals surface area (Å²) in [7, 11) is 0. The van der Waals surface area contributed by atoms with Crippen molar-refractivity contribution in [3.63, 3.8) is 0 Å². The van der Waals surface area contributed by atoms with E-state index in [0.29, 0.717) is 12.1 Å². The van der Waals surface area contributed by atoms with E-state index in [4.69, 9.17) is 5.73 Å². The lowest BCUT2D eigenvalue weighted by molar-refractivity contribution is -0.139. The maximum absolute atomic E-state index is 12.2. The Morgan fingerprint density at radius 3 is 2.13 bits per heavy atom. The number of rotatable bonds is 2. The molecule has 1 amide bonds. The van der Waals surface area contributed by atoms with E-state index in [9.17, 15) is 4.79 Å². The van der Waals surface area contributed by atoms with Crippen LogP contribution in [0.25, 0.3) is 0 Å². The Morgan fingerprint density at radius 2 is 1.73 bits per heavy atom. The first kappa shape index (κ1) is 12.5. The Labute approximate surface area is 93.0 Å². The predicted octanol–water partition coefficient (Wildman–Crippen LogP) is 1.76. The van der Waals surface area contributed by atoms with Crippen LogP contribution in [0.1, 0.15) is 47.0 Å². The Kier molecular flexibility index (Phi) is 4.14. The average molecular weight is 212 g/mol. The molecule has 15 heavy (non-hydrogen) atoms. The molecule has 0 spiro atoms. The van der Waals surface area contributed by atoms with Gasteiger partial charge in [0.15, 0.2) is 0 Å². The van der Waals surface area contributed by atoms with Crippen molar-refractivity contribution in [2.75, 3.05) is 0 Å². The molecule has 3 heteroatoms. The zero-order valence-corrected chi connectivity index (χ0v) is 10.4. The molecule has 3 nitrogen and oxygen atoms in total. The molecule has 0 bridgehead atoms. The second kappa shape index (κ2) is 4.97. The quantitative estimate of drug-likeness (QED) is 0.758. The van der Waals surface area contributed by atoms with Crippen molar-refractivity contribution in [2.45, 2.75) is 65.1 Å². The van der Waals surface area contributed by atoms with Gasteiger partial charge in [-0.3, -0.25) is 4.79 Å². The lowest BCUT2D eigenvalue weighted by Crippen LogP contribution is -2.54. The molecular formula is C12H24N2O. The minimum absolute atomic E-state index is 0.129. The zero-order chi connectivity index (χ0) is 11.6. The normalized spacial score (nSPS) is 29.3. The molecule has 1 aliphatic rings. The van der Waals surface area contributed by atoms with Crippen LogP contribution in [0.3, 0.4) is 0 Å². The van der Waals surface area contributed by atoms with Crippen molar-refractivity contribution in [3.05, 3.63) is 0 Å².